The fourth-order valence-corrected chi connectivity index (χ4v) is 8.11. The van der Waals surface area contributed by atoms with Crippen LogP contribution in [-0.4, -0.2) is 129 Å². The molecule has 0 saturated carbocycles. The summed E-state index contributed by atoms with van der Waals surface area (Å²) in [7, 11) is 0. The molecule has 16 N–H and O–H groups in total. The summed E-state index contributed by atoms with van der Waals surface area (Å²) in [5.74, 6) is -9.96. The number of carboxylic acids is 1. The van der Waals surface area contributed by atoms with Crippen LogP contribution >= 0.6 is 45.2 Å². The zero-order valence-corrected chi connectivity index (χ0v) is 42.2. The molecule has 8 atom stereocenters. The van der Waals surface area contributed by atoms with Crippen LogP contribution in [0.3, 0.4) is 0 Å². The summed E-state index contributed by atoms with van der Waals surface area (Å²) in [6.45, 7) is 10.7. The van der Waals surface area contributed by atoms with Gasteiger partial charge in [0.1, 0.15) is 36.0 Å². The molecule has 0 bridgehead atoms. The third-order valence-electron chi connectivity index (χ3n) is 9.84. The lowest BCUT2D eigenvalue weighted by molar-refractivity contribution is -0.138. The number of phenolic OH excluding ortho intramolecular Hbond substituents is 1. The Balaban J connectivity index is 2.98. The molecule has 0 aliphatic heterocycles. The van der Waals surface area contributed by atoms with Gasteiger partial charge in [0.05, 0.1) is 44.7 Å². The van der Waals surface area contributed by atoms with Crippen LogP contribution in [0, 0.1) is 24.9 Å². The minimum absolute atomic E-state index is 0.0113. The number of phenols is 1. The van der Waals surface area contributed by atoms with Crippen LogP contribution in [0.5, 0.6) is 5.75 Å². The Kier molecular flexibility index (Phi) is 25.4. The number of amides is 9. The number of carboxylic acid groups (broad SMARTS) is 1. The molecule has 66 heavy (non-hydrogen) atoms. The van der Waals surface area contributed by atoms with E-state index < -0.39 is 145 Å². The Hall–Kier alpha value is -4.90. The molecular formula is C41H64I2N10O13. The van der Waals surface area contributed by atoms with E-state index in [-0.39, 0.29) is 30.9 Å². The van der Waals surface area contributed by atoms with Gasteiger partial charge in [-0.1, -0.05) is 41.5 Å². The van der Waals surface area contributed by atoms with E-state index in [0.29, 0.717) is 12.7 Å². The highest BCUT2D eigenvalue weighted by Gasteiger charge is 2.34. The monoisotopic (exact) mass is 1160 g/mol. The van der Waals surface area contributed by atoms with E-state index in [9.17, 15) is 58.2 Å². The number of nitrogens with two attached hydrogens (primary N) is 3. The highest BCUT2D eigenvalue weighted by Crippen LogP contribution is 2.28. The van der Waals surface area contributed by atoms with Crippen molar-refractivity contribution in [2.45, 2.75) is 135 Å². The van der Waals surface area contributed by atoms with Crippen molar-refractivity contribution >= 4 is 104 Å². The third kappa shape index (κ3) is 21.2. The Morgan fingerprint density at radius 1 is 0.667 bits per heavy atom. The normalized spacial score (nSPS) is 14.9. The van der Waals surface area contributed by atoms with E-state index in [0.717, 1.165) is 0 Å². The highest BCUT2D eigenvalue weighted by atomic mass is 127. The number of primary amides is 2. The number of aliphatic hydroxyl groups is 1. The summed E-state index contributed by atoms with van der Waals surface area (Å²) in [6, 6.07) is -5.57. The van der Waals surface area contributed by atoms with Crippen molar-refractivity contribution in [3.8, 4) is 5.75 Å². The van der Waals surface area contributed by atoms with Gasteiger partial charge in [-0.3, -0.25) is 47.9 Å². The molecule has 9 amide bonds. The van der Waals surface area contributed by atoms with E-state index >= 15 is 0 Å². The number of carbonyl (C=O) groups is 10. The number of aromatic hydroxyl groups is 1. The standard InChI is InChI=1S/C41H64I2N10O13/c1-17(2)10-25(50-39(64)27(14-29(45)55)51-41(66)34(19(5)6)53-38(63)24(44)8-9-32(58)59)28(54)15-30(56)52-33(18(3)4)40(65)48-20(7)37(62)47-16-31(57)49-26(36(46)61)13-21-11-22(42)35(60)23(43)12-21/h11-12,17-20,24-28,33-34,54,60H,8-10,13-16,44H2,1-7H3,(H2,45,55)(H2,46,61)(H,47,62)(H,48,65)(H,49,57)(H,50,64)(H,51,66)(H,52,56)(H,53,63)(H,58,59)/t20-,24-,25-,26-,27-,28?,33-,34-/m0/s1. The predicted octanol–water partition coefficient (Wildman–Crippen LogP) is -2.15. The second-order valence-electron chi connectivity index (χ2n) is 16.9. The largest absolute Gasteiger partial charge is 0.506 e. The molecule has 23 nitrogen and oxygen atoms in total. The summed E-state index contributed by atoms with van der Waals surface area (Å²) in [5.41, 5.74) is 17.3. The van der Waals surface area contributed by atoms with Crippen LogP contribution in [0.2, 0.25) is 0 Å². The van der Waals surface area contributed by atoms with Crippen LogP contribution in [0.1, 0.15) is 86.1 Å². The minimum Gasteiger partial charge on any atom is -0.506 e. The number of benzene rings is 1. The van der Waals surface area contributed by atoms with Crippen LogP contribution in [0.4, 0.5) is 0 Å². The maximum Gasteiger partial charge on any atom is 0.303 e. The van der Waals surface area contributed by atoms with Gasteiger partial charge in [0.25, 0.3) is 0 Å². The molecule has 1 aromatic carbocycles. The average Bonchev–Trinajstić information content (AvgIpc) is 3.20. The molecule has 0 saturated heterocycles. The van der Waals surface area contributed by atoms with Gasteiger partial charge in [-0.2, -0.15) is 0 Å². The molecule has 25 heteroatoms. The summed E-state index contributed by atoms with van der Waals surface area (Å²) in [5, 5.41) is 47.4. The van der Waals surface area contributed by atoms with Crippen LogP contribution < -0.4 is 54.4 Å². The summed E-state index contributed by atoms with van der Waals surface area (Å²) in [4.78, 5) is 127. The van der Waals surface area contributed by atoms with Gasteiger partial charge in [0.2, 0.25) is 53.2 Å². The van der Waals surface area contributed by atoms with Gasteiger partial charge >= 0.3 is 5.97 Å². The number of hydrogen-bond acceptors (Lipinski definition) is 13. The van der Waals surface area contributed by atoms with Gasteiger partial charge in [0.15, 0.2) is 0 Å². The number of aliphatic carboxylic acids is 1. The van der Waals surface area contributed by atoms with Crippen molar-refractivity contribution in [2.75, 3.05) is 6.54 Å². The van der Waals surface area contributed by atoms with Crippen molar-refractivity contribution in [2.24, 2.45) is 35.0 Å². The lowest BCUT2D eigenvalue weighted by Gasteiger charge is -2.30. The van der Waals surface area contributed by atoms with Crippen molar-refractivity contribution in [3.05, 3.63) is 24.8 Å². The molecule has 0 radical (unpaired) electrons. The first-order valence-corrected chi connectivity index (χ1v) is 23.2. The summed E-state index contributed by atoms with van der Waals surface area (Å²) in [6.07, 6.45) is -3.37. The van der Waals surface area contributed by atoms with E-state index in [1.165, 1.54) is 6.92 Å². The smallest absolute Gasteiger partial charge is 0.303 e. The van der Waals surface area contributed by atoms with E-state index in [1.807, 2.05) is 45.2 Å². The predicted molar refractivity (Wildman–Crippen MR) is 255 cm³/mol. The van der Waals surface area contributed by atoms with Gasteiger partial charge < -0.3 is 69.7 Å². The van der Waals surface area contributed by atoms with Crippen molar-refractivity contribution in [1.82, 2.24) is 37.2 Å². The quantitative estimate of drug-likeness (QED) is 0.0398. The van der Waals surface area contributed by atoms with Gasteiger partial charge in [-0.05, 0) is 100 Å². The van der Waals surface area contributed by atoms with Crippen LogP contribution in [-0.2, 0) is 54.4 Å². The Morgan fingerprint density at radius 3 is 1.71 bits per heavy atom. The molecule has 1 aromatic rings. The lowest BCUT2D eigenvalue weighted by atomic mass is 9.95. The number of nitrogens with one attached hydrogen (secondary N) is 7. The molecule has 0 aliphatic carbocycles. The summed E-state index contributed by atoms with van der Waals surface area (Å²) < 4.78 is 1.06. The number of halogens is 2. The first kappa shape index (κ1) is 59.1. The van der Waals surface area contributed by atoms with Crippen molar-refractivity contribution in [1.29, 1.82) is 0 Å². The maximum absolute atomic E-state index is 13.6. The maximum atomic E-state index is 13.6. The first-order chi connectivity index (χ1) is 30.5. The van der Waals surface area contributed by atoms with Gasteiger partial charge in [-0.25, -0.2) is 0 Å². The molecule has 0 aromatic heterocycles. The lowest BCUT2D eigenvalue weighted by Crippen LogP contribution is -2.59. The van der Waals surface area contributed by atoms with Crippen molar-refractivity contribution < 1.29 is 63.3 Å². The molecule has 0 fully saturated rings. The SMILES string of the molecule is CC(C)C[C@H](NC(=O)[C@H](CC(N)=O)NC(=O)[C@@H](NC(=O)[C@@H](N)CCC(=O)O)C(C)C)C(O)CC(=O)N[C@H](C(=O)N[C@@H](C)C(=O)NCC(=O)N[C@@H](Cc1cc(I)c(O)c(I)c1)C(N)=O)C(C)C. The van der Waals surface area contributed by atoms with Crippen molar-refractivity contribution in [3.63, 3.8) is 0 Å². The third-order valence-corrected chi connectivity index (χ3v) is 11.5. The molecule has 0 heterocycles. The van der Waals surface area contributed by atoms with E-state index in [2.05, 4.69) is 37.2 Å². The molecule has 1 unspecified atom stereocenters. The molecule has 1 rings (SSSR count). The van der Waals surface area contributed by atoms with Crippen LogP contribution in [0.25, 0.3) is 0 Å². The fraction of sp³-hybridized carbons (Fsp3) is 0.610. The molecule has 0 spiro atoms. The highest BCUT2D eigenvalue weighted by molar-refractivity contribution is 14.1. The zero-order chi connectivity index (χ0) is 50.7. The van der Waals surface area contributed by atoms with E-state index in [4.69, 9.17) is 22.3 Å². The number of hydrogen-bond donors (Lipinski definition) is 13. The Morgan fingerprint density at radius 2 is 1.21 bits per heavy atom. The second-order valence-corrected chi connectivity index (χ2v) is 19.2. The first-order valence-electron chi connectivity index (χ1n) is 21.0. The molecule has 0 aliphatic rings. The number of carbonyl (C=O) groups excluding carboxylic acids is 9. The summed E-state index contributed by atoms with van der Waals surface area (Å²) >= 11 is 3.84. The molecule has 370 valence electrons. The number of aliphatic hydroxyl groups excluding tert-OH is 1. The Labute approximate surface area is 410 Å². The Bertz CT molecular complexity index is 1910. The zero-order valence-electron chi connectivity index (χ0n) is 37.9. The average molecular weight is 1160 g/mol. The second kappa shape index (κ2) is 28.3. The minimum atomic E-state index is -1.59. The van der Waals surface area contributed by atoms with E-state index in [1.54, 1.807) is 53.7 Å². The van der Waals surface area contributed by atoms with Gasteiger partial charge in [-0.15, -0.1) is 0 Å². The van der Waals surface area contributed by atoms with Crippen LogP contribution in [0.15, 0.2) is 12.1 Å². The topological polar surface area (TPSA) is 394 Å². The van der Waals surface area contributed by atoms with Gasteiger partial charge in [0, 0.05) is 12.8 Å². The number of rotatable bonds is 28. The fourth-order valence-electron chi connectivity index (χ4n) is 6.21. The molecular weight excluding hydrogens is 1090 g/mol.